The summed E-state index contributed by atoms with van der Waals surface area (Å²) >= 11 is 0. The molecule has 0 aromatic heterocycles. The van der Waals surface area contributed by atoms with Crippen LogP contribution in [-0.4, -0.2) is 18.5 Å². The molecule has 0 heterocycles. The molecular weight excluding hydrogens is 325 g/mol. The Morgan fingerprint density at radius 1 is 1.20 bits per heavy atom. The molecule has 0 aliphatic carbocycles. The Labute approximate surface area is 143 Å². The maximum Gasteiger partial charge on any atom is 0.348 e. The number of ether oxygens (including phenoxy) is 2. The zero-order chi connectivity index (χ0) is 18.2. The van der Waals surface area contributed by atoms with Gasteiger partial charge in [-0.15, -0.1) is 0 Å². The lowest BCUT2D eigenvalue weighted by molar-refractivity contribution is -0.137. The quantitative estimate of drug-likeness (QED) is 0.360. The fraction of sp³-hybridized carbons (Fsp3) is 0.105. The van der Waals surface area contributed by atoms with Crippen LogP contribution >= 0.6 is 0 Å². The lowest BCUT2D eigenvalue weighted by Gasteiger charge is -2.06. The van der Waals surface area contributed by atoms with Gasteiger partial charge in [-0.3, -0.25) is 0 Å². The highest BCUT2D eigenvalue weighted by molar-refractivity contribution is 5.98. The average Bonchev–Trinajstić information content (AvgIpc) is 2.60. The molecule has 2 rings (SSSR count). The molecule has 0 N–H and O–H groups in total. The van der Waals surface area contributed by atoms with Crippen molar-refractivity contribution in [1.29, 1.82) is 5.26 Å². The van der Waals surface area contributed by atoms with Gasteiger partial charge in [-0.05, 0) is 42.8 Å². The van der Waals surface area contributed by atoms with Crippen LogP contribution in [0.5, 0.6) is 5.75 Å². The maximum atomic E-state index is 13.6. The smallest absolute Gasteiger partial charge is 0.348 e. The van der Waals surface area contributed by atoms with Gasteiger partial charge in [0.2, 0.25) is 0 Å². The van der Waals surface area contributed by atoms with Gasteiger partial charge in [-0.1, -0.05) is 24.3 Å². The third kappa shape index (κ3) is 4.75. The first kappa shape index (κ1) is 17.9. The fourth-order valence-corrected chi connectivity index (χ4v) is 1.97. The molecule has 0 saturated carbocycles. The van der Waals surface area contributed by atoms with Gasteiger partial charge in [0.1, 0.15) is 23.2 Å². The number of benzene rings is 2. The number of hydrogen-bond donors (Lipinski definition) is 0. The molecule has 0 fully saturated rings. The van der Waals surface area contributed by atoms with Gasteiger partial charge < -0.3 is 9.47 Å². The van der Waals surface area contributed by atoms with E-state index in [9.17, 15) is 14.0 Å². The predicted molar refractivity (Wildman–Crippen MR) is 88.0 cm³/mol. The summed E-state index contributed by atoms with van der Waals surface area (Å²) in [5.74, 6) is -2.11. The number of carbonyl (C=O) groups excluding carboxylic acids is 2. The highest BCUT2D eigenvalue weighted by Gasteiger charge is 2.14. The summed E-state index contributed by atoms with van der Waals surface area (Å²) in [6.45, 7) is 1.79. The number of carbonyl (C=O) groups is 2. The number of nitriles is 1. The normalized spacial score (nSPS) is 10.7. The summed E-state index contributed by atoms with van der Waals surface area (Å²) in [5.41, 5.74) is 0.0931. The van der Waals surface area contributed by atoms with Gasteiger partial charge in [0, 0.05) is 0 Å². The molecule has 0 aliphatic rings. The van der Waals surface area contributed by atoms with Crippen LogP contribution in [-0.2, 0) is 9.53 Å². The van der Waals surface area contributed by atoms with E-state index in [0.717, 1.165) is 6.07 Å². The Morgan fingerprint density at radius 3 is 2.64 bits per heavy atom. The van der Waals surface area contributed by atoms with Gasteiger partial charge in [-0.25, -0.2) is 14.0 Å². The first-order chi connectivity index (χ1) is 12.0. The standard InChI is InChI=1S/C19H14FNO4/c1-2-24-18(22)14(12-21)10-13-6-5-7-15(11-13)25-19(23)16-8-3-4-9-17(16)20/h3-11H,2H2,1H3/b14-10+. The van der Waals surface area contributed by atoms with E-state index in [4.69, 9.17) is 14.7 Å². The van der Waals surface area contributed by atoms with Crippen molar-refractivity contribution in [3.05, 3.63) is 71.0 Å². The van der Waals surface area contributed by atoms with E-state index in [1.54, 1.807) is 25.1 Å². The third-order valence-corrected chi connectivity index (χ3v) is 3.09. The minimum absolute atomic E-state index is 0.151. The summed E-state index contributed by atoms with van der Waals surface area (Å²) in [5, 5.41) is 9.03. The number of esters is 2. The van der Waals surface area contributed by atoms with E-state index >= 15 is 0 Å². The second kappa shape index (κ2) is 8.41. The third-order valence-electron chi connectivity index (χ3n) is 3.09. The Morgan fingerprint density at radius 2 is 1.96 bits per heavy atom. The minimum atomic E-state index is -0.842. The van der Waals surface area contributed by atoms with Crippen LogP contribution in [0.25, 0.3) is 6.08 Å². The van der Waals surface area contributed by atoms with E-state index in [2.05, 4.69) is 0 Å². The zero-order valence-electron chi connectivity index (χ0n) is 13.4. The number of halogens is 1. The number of rotatable bonds is 5. The largest absolute Gasteiger partial charge is 0.462 e. The van der Waals surface area contributed by atoms with Crippen molar-refractivity contribution in [1.82, 2.24) is 0 Å². The highest BCUT2D eigenvalue weighted by Crippen LogP contribution is 2.18. The van der Waals surface area contributed by atoms with Crippen molar-refractivity contribution in [3.8, 4) is 11.8 Å². The van der Waals surface area contributed by atoms with Crippen LogP contribution in [0.4, 0.5) is 4.39 Å². The second-order valence-corrected chi connectivity index (χ2v) is 4.83. The summed E-state index contributed by atoms with van der Waals surface area (Å²) in [7, 11) is 0. The van der Waals surface area contributed by atoms with Crippen LogP contribution in [0.15, 0.2) is 54.1 Å². The zero-order valence-corrected chi connectivity index (χ0v) is 13.4. The van der Waals surface area contributed by atoms with Gasteiger partial charge in [-0.2, -0.15) is 5.26 Å². The van der Waals surface area contributed by atoms with Crippen molar-refractivity contribution < 1.29 is 23.5 Å². The maximum absolute atomic E-state index is 13.6. The summed E-state index contributed by atoms with van der Waals surface area (Å²) in [6.07, 6.45) is 1.32. The molecular formula is C19H14FNO4. The van der Waals surface area contributed by atoms with E-state index < -0.39 is 17.8 Å². The average molecular weight is 339 g/mol. The molecule has 6 heteroatoms. The van der Waals surface area contributed by atoms with Crippen molar-refractivity contribution in [2.24, 2.45) is 0 Å². The molecule has 2 aromatic rings. The van der Waals surface area contributed by atoms with Gasteiger partial charge >= 0.3 is 11.9 Å². The van der Waals surface area contributed by atoms with E-state index in [0.29, 0.717) is 5.56 Å². The van der Waals surface area contributed by atoms with Crippen LogP contribution in [0.2, 0.25) is 0 Å². The molecule has 0 amide bonds. The predicted octanol–water partition coefficient (Wildman–Crippen LogP) is 3.51. The molecule has 0 bridgehead atoms. The van der Waals surface area contributed by atoms with Crippen molar-refractivity contribution in [2.75, 3.05) is 6.61 Å². The highest BCUT2D eigenvalue weighted by atomic mass is 19.1. The molecule has 0 radical (unpaired) electrons. The summed E-state index contributed by atoms with van der Waals surface area (Å²) < 4.78 is 23.5. The molecule has 0 saturated heterocycles. The Bertz CT molecular complexity index is 868. The van der Waals surface area contributed by atoms with Gasteiger partial charge in [0.25, 0.3) is 0 Å². The summed E-state index contributed by atoms with van der Waals surface area (Å²) in [4.78, 5) is 23.6. The van der Waals surface area contributed by atoms with E-state index in [-0.39, 0.29) is 23.5 Å². The van der Waals surface area contributed by atoms with Crippen molar-refractivity contribution in [3.63, 3.8) is 0 Å². The fourth-order valence-electron chi connectivity index (χ4n) is 1.97. The monoisotopic (exact) mass is 339 g/mol. The van der Waals surface area contributed by atoms with Crippen LogP contribution in [0, 0.1) is 17.1 Å². The molecule has 0 aliphatic heterocycles. The lowest BCUT2D eigenvalue weighted by atomic mass is 10.1. The molecule has 25 heavy (non-hydrogen) atoms. The Balaban J connectivity index is 2.22. The van der Waals surface area contributed by atoms with Gasteiger partial charge in [0.15, 0.2) is 0 Å². The van der Waals surface area contributed by atoms with Crippen molar-refractivity contribution in [2.45, 2.75) is 6.92 Å². The van der Waals surface area contributed by atoms with E-state index in [1.165, 1.54) is 36.4 Å². The second-order valence-electron chi connectivity index (χ2n) is 4.83. The number of hydrogen-bond acceptors (Lipinski definition) is 5. The molecule has 126 valence electrons. The molecule has 5 nitrogen and oxygen atoms in total. The topological polar surface area (TPSA) is 76.4 Å². The number of nitrogens with zero attached hydrogens (tertiary/aromatic N) is 1. The lowest BCUT2D eigenvalue weighted by Crippen LogP contribution is -2.10. The van der Waals surface area contributed by atoms with Crippen molar-refractivity contribution >= 4 is 18.0 Å². The molecule has 0 atom stereocenters. The minimum Gasteiger partial charge on any atom is -0.462 e. The van der Waals surface area contributed by atoms with E-state index in [1.807, 2.05) is 0 Å². The first-order valence-corrected chi connectivity index (χ1v) is 7.41. The molecule has 0 unspecified atom stereocenters. The van der Waals surface area contributed by atoms with Crippen LogP contribution < -0.4 is 4.74 Å². The molecule has 0 spiro atoms. The van der Waals surface area contributed by atoms with Crippen LogP contribution in [0.3, 0.4) is 0 Å². The SMILES string of the molecule is CCOC(=O)/C(C#N)=C/c1cccc(OC(=O)c2ccccc2F)c1. The Hall–Kier alpha value is -3.46. The van der Waals surface area contributed by atoms with Gasteiger partial charge in [0.05, 0.1) is 12.2 Å². The summed E-state index contributed by atoms with van der Waals surface area (Å²) in [6, 6.07) is 13.4. The molecule has 2 aromatic carbocycles. The first-order valence-electron chi connectivity index (χ1n) is 7.41. The Kier molecular flexibility index (Phi) is 6.02. The van der Waals surface area contributed by atoms with Crippen LogP contribution in [0.1, 0.15) is 22.8 Å².